The van der Waals surface area contributed by atoms with Gasteiger partial charge in [0, 0.05) is 17.1 Å². The molecule has 2 aromatic carbocycles. The van der Waals surface area contributed by atoms with E-state index in [1.807, 2.05) is 50.3 Å². The van der Waals surface area contributed by atoms with E-state index in [2.05, 4.69) is 13.8 Å². The minimum atomic E-state index is -0.0579. The molecular weight excluding hydrogens is 392 g/mol. The number of benzene rings is 2. The number of amidine groups is 1. The minimum Gasteiger partial charge on any atom is -0.493 e. The van der Waals surface area contributed by atoms with Crippen molar-refractivity contribution in [1.82, 2.24) is 4.90 Å². The van der Waals surface area contributed by atoms with Crippen molar-refractivity contribution >= 4 is 46.2 Å². The number of thioether (sulfide) groups is 1. The zero-order valence-electron chi connectivity index (χ0n) is 16.5. The number of aliphatic imine (C=N–C) groups is 1. The molecule has 6 heteroatoms. The van der Waals surface area contributed by atoms with Crippen molar-refractivity contribution in [2.75, 3.05) is 13.2 Å². The molecule has 28 heavy (non-hydrogen) atoms. The zero-order valence-corrected chi connectivity index (χ0v) is 18.0. The summed E-state index contributed by atoms with van der Waals surface area (Å²) in [6.07, 6.45) is 1.83. The van der Waals surface area contributed by atoms with Gasteiger partial charge in [0.15, 0.2) is 5.17 Å². The lowest BCUT2D eigenvalue weighted by atomic mass is 10.1. The summed E-state index contributed by atoms with van der Waals surface area (Å²) >= 11 is 7.52. The molecule has 4 nitrogen and oxygen atoms in total. The maximum absolute atomic E-state index is 12.9. The van der Waals surface area contributed by atoms with E-state index in [0.717, 1.165) is 11.3 Å². The van der Waals surface area contributed by atoms with Crippen LogP contribution in [0.1, 0.15) is 30.5 Å². The number of carbonyl (C=O) groups is 1. The fourth-order valence-electron chi connectivity index (χ4n) is 2.84. The largest absolute Gasteiger partial charge is 0.493 e. The molecule has 1 amide bonds. The van der Waals surface area contributed by atoms with E-state index >= 15 is 0 Å². The minimum absolute atomic E-state index is 0.0579. The number of halogens is 1. The molecule has 1 aliphatic heterocycles. The predicted octanol–water partition coefficient (Wildman–Crippen LogP) is 5.98. The van der Waals surface area contributed by atoms with Gasteiger partial charge in [-0.3, -0.25) is 9.69 Å². The van der Waals surface area contributed by atoms with Crippen LogP contribution >= 0.6 is 23.4 Å². The van der Waals surface area contributed by atoms with Crippen molar-refractivity contribution in [3.05, 3.63) is 63.0 Å². The molecule has 1 aliphatic rings. The van der Waals surface area contributed by atoms with Gasteiger partial charge in [0.05, 0.1) is 17.2 Å². The van der Waals surface area contributed by atoms with Crippen molar-refractivity contribution in [1.29, 1.82) is 0 Å². The van der Waals surface area contributed by atoms with Gasteiger partial charge < -0.3 is 4.74 Å². The third-order valence-corrected chi connectivity index (χ3v) is 5.72. The smallest absolute Gasteiger partial charge is 0.266 e. The lowest BCUT2D eigenvalue weighted by molar-refractivity contribution is -0.122. The monoisotopic (exact) mass is 414 g/mol. The SMILES string of the molecule is CCOc1ccc(Cl)cc1/C=C1/SC(=Nc2ccc(C)c(C)c2)N(CC)C1=O. The Morgan fingerprint density at radius 3 is 2.61 bits per heavy atom. The molecule has 0 N–H and O–H groups in total. The molecular formula is C22H23ClN2O2S. The summed E-state index contributed by atoms with van der Waals surface area (Å²) in [5.74, 6) is 0.646. The number of rotatable bonds is 5. The van der Waals surface area contributed by atoms with Crippen LogP contribution in [0.4, 0.5) is 5.69 Å². The van der Waals surface area contributed by atoms with Gasteiger partial charge in [0.1, 0.15) is 5.75 Å². The molecule has 1 saturated heterocycles. The van der Waals surface area contributed by atoms with Crippen LogP contribution < -0.4 is 4.74 Å². The lowest BCUT2D eigenvalue weighted by Gasteiger charge is -2.12. The quantitative estimate of drug-likeness (QED) is 0.565. The van der Waals surface area contributed by atoms with Crippen molar-refractivity contribution in [2.24, 2.45) is 4.99 Å². The molecule has 1 fully saturated rings. The van der Waals surface area contributed by atoms with Gasteiger partial charge in [-0.05, 0) is 87.0 Å². The first-order valence-corrected chi connectivity index (χ1v) is 10.4. The van der Waals surface area contributed by atoms with Crippen LogP contribution in [0.15, 0.2) is 46.3 Å². The summed E-state index contributed by atoms with van der Waals surface area (Å²) in [6.45, 7) is 9.10. The summed E-state index contributed by atoms with van der Waals surface area (Å²) in [4.78, 5) is 19.9. The Morgan fingerprint density at radius 2 is 1.93 bits per heavy atom. The number of hydrogen-bond acceptors (Lipinski definition) is 4. The molecule has 2 aromatic rings. The maximum atomic E-state index is 12.9. The number of carbonyl (C=O) groups excluding carboxylic acids is 1. The highest BCUT2D eigenvalue weighted by Gasteiger charge is 2.32. The topological polar surface area (TPSA) is 41.9 Å². The van der Waals surface area contributed by atoms with Crippen molar-refractivity contribution in [3.63, 3.8) is 0 Å². The van der Waals surface area contributed by atoms with Crippen LogP contribution in [-0.2, 0) is 4.79 Å². The van der Waals surface area contributed by atoms with Crippen LogP contribution in [0.5, 0.6) is 5.75 Å². The van der Waals surface area contributed by atoms with Crippen LogP contribution in [-0.4, -0.2) is 29.1 Å². The zero-order chi connectivity index (χ0) is 20.3. The van der Waals surface area contributed by atoms with E-state index in [9.17, 15) is 4.79 Å². The van der Waals surface area contributed by atoms with Gasteiger partial charge in [-0.2, -0.15) is 0 Å². The third kappa shape index (κ3) is 4.42. The van der Waals surface area contributed by atoms with Crippen molar-refractivity contribution in [2.45, 2.75) is 27.7 Å². The van der Waals surface area contributed by atoms with Crippen molar-refractivity contribution < 1.29 is 9.53 Å². The van der Waals surface area contributed by atoms with Gasteiger partial charge in [-0.15, -0.1) is 0 Å². The Bertz CT molecular complexity index is 969. The molecule has 0 unspecified atom stereocenters. The second-order valence-electron chi connectivity index (χ2n) is 6.44. The number of amides is 1. The Morgan fingerprint density at radius 1 is 1.14 bits per heavy atom. The summed E-state index contributed by atoms with van der Waals surface area (Å²) in [5.41, 5.74) is 4.02. The molecule has 0 bridgehead atoms. The van der Waals surface area contributed by atoms with Gasteiger partial charge in [0.2, 0.25) is 0 Å². The van der Waals surface area contributed by atoms with Crippen molar-refractivity contribution in [3.8, 4) is 5.75 Å². The highest BCUT2D eigenvalue weighted by molar-refractivity contribution is 8.18. The highest BCUT2D eigenvalue weighted by atomic mass is 35.5. The first-order chi connectivity index (χ1) is 13.4. The number of ether oxygens (including phenoxy) is 1. The lowest BCUT2D eigenvalue weighted by Crippen LogP contribution is -2.28. The Hall–Kier alpha value is -2.24. The average molecular weight is 415 g/mol. The van der Waals surface area contributed by atoms with E-state index in [1.54, 1.807) is 11.0 Å². The van der Waals surface area contributed by atoms with E-state index in [1.165, 1.54) is 22.9 Å². The predicted molar refractivity (Wildman–Crippen MR) is 119 cm³/mol. The Kier molecular flexibility index (Phi) is 6.47. The summed E-state index contributed by atoms with van der Waals surface area (Å²) < 4.78 is 5.67. The first kappa shape index (κ1) is 20.5. The molecule has 1 heterocycles. The van der Waals surface area contributed by atoms with Crippen LogP contribution in [0.3, 0.4) is 0 Å². The molecule has 0 atom stereocenters. The van der Waals surface area contributed by atoms with Gasteiger partial charge >= 0.3 is 0 Å². The summed E-state index contributed by atoms with van der Waals surface area (Å²) in [7, 11) is 0. The maximum Gasteiger partial charge on any atom is 0.266 e. The summed E-state index contributed by atoms with van der Waals surface area (Å²) in [5, 5.41) is 1.28. The van der Waals surface area contributed by atoms with Gasteiger partial charge in [0.25, 0.3) is 5.91 Å². The molecule has 0 spiro atoms. The second kappa shape index (κ2) is 8.84. The number of nitrogens with zero attached hydrogens (tertiary/aromatic N) is 2. The van der Waals surface area contributed by atoms with Crippen LogP contribution in [0.2, 0.25) is 5.02 Å². The fraction of sp³-hybridized carbons (Fsp3) is 0.273. The number of likely N-dealkylation sites (N-methyl/N-ethyl adjacent to an activating group) is 1. The highest BCUT2D eigenvalue weighted by Crippen LogP contribution is 2.36. The molecule has 0 saturated carbocycles. The number of aryl methyl sites for hydroxylation is 2. The van der Waals surface area contributed by atoms with Gasteiger partial charge in [-0.25, -0.2) is 4.99 Å². The Labute approximate surface area is 175 Å². The van der Waals surface area contributed by atoms with Gasteiger partial charge in [-0.1, -0.05) is 17.7 Å². The third-order valence-electron chi connectivity index (χ3n) is 4.48. The number of hydrogen-bond donors (Lipinski definition) is 0. The van der Waals surface area contributed by atoms with E-state index < -0.39 is 0 Å². The summed E-state index contributed by atoms with van der Waals surface area (Å²) in [6, 6.07) is 11.5. The molecule has 3 rings (SSSR count). The standard InChI is InChI=1S/C22H23ClN2O2S/c1-5-25-21(26)20(13-16-12-17(23)8-10-19(16)27-6-2)28-22(25)24-18-9-7-14(3)15(4)11-18/h7-13H,5-6H2,1-4H3/b20-13+,24-22?. The molecule has 0 radical (unpaired) electrons. The molecule has 0 aliphatic carbocycles. The normalized spacial score (nSPS) is 17.0. The van der Waals surface area contributed by atoms with Crippen LogP contribution in [0.25, 0.3) is 6.08 Å². The van der Waals surface area contributed by atoms with E-state index in [-0.39, 0.29) is 5.91 Å². The average Bonchev–Trinajstić information content (AvgIpc) is 2.95. The Balaban J connectivity index is 1.98. The fourth-order valence-corrected chi connectivity index (χ4v) is 4.07. The van der Waals surface area contributed by atoms with E-state index in [0.29, 0.717) is 34.0 Å². The molecule has 0 aromatic heterocycles. The second-order valence-corrected chi connectivity index (χ2v) is 7.88. The molecule has 146 valence electrons. The van der Waals surface area contributed by atoms with E-state index in [4.69, 9.17) is 21.3 Å². The first-order valence-electron chi connectivity index (χ1n) is 9.22. The van der Waals surface area contributed by atoms with Crippen LogP contribution in [0, 0.1) is 13.8 Å².